The number of amides is 2. The summed E-state index contributed by atoms with van der Waals surface area (Å²) in [7, 11) is 0. The minimum atomic E-state index is -0.874. The van der Waals surface area contributed by atoms with Gasteiger partial charge in [0.25, 0.3) is 0 Å². The molecule has 1 saturated heterocycles. The highest BCUT2D eigenvalue weighted by Gasteiger charge is 2.22. The molecule has 0 aliphatic carbocycles. The third kappa shape index (κ3) is 4.93. The number of anilines is 4. The van der Waals surface area contributed by atoms with E-state index in [2.05, 4.69) is 25.6 Å². The molecule has 1 aromatic heterocycles. The van der Waals surface area contributed by atoms with E-state index < -0.39 is 23.4 Å². The zero-order valence-electron chi connectivity index (χ0n) is 16.5. The number of para-hydroxylation sites is 2. The van der Waals surface area contributed by atoms with Crippen LogP contribution in [0.15, 0.2) is 60.9 Å². The van der Waals surface area contributed by atoms with Gasteiger partial charge in [-0.25, -0.2) is 28.6 Å². The maximum Gasteiger partial charge on any atom is 0.325 e. The van der Waals surface area contributed by atoms with Crippen molar-refractivity contribution in [2.45, 2.75) is 0 Å². The van der Waals surface area contributed by atoms with E-state index in [1.165, 1.54) is 12.4 Å². The summed E-state index contributed by atoms with van der Waals surface area (Å²) in [5.41, 5.74) is 0.348. The third-order valence-corrected chi connectivity index (χ3v) is 4.58. The van der Waals surface area contributed by atoms with Gasteiger partial charge in [-0.15, -0.1) is 0 Å². The van der Waals surface area contributed by atoms with Gasteiger partial charge < -0.3 is 10.1 Å². The number of rotatable bonds is 5. The molecule has 0 saturated carbocycles. The van der Waals surface area contributed by atoms with Gasteiger partial charge in [-0.3, -0.25) is 10.3 Å². The second-order valence-electron chi connectivity index (χ2n) is 6.65. The van der Waals surface area contributed by atoms with Gasteiger partial charge in [0.2, 0.25) is 0 Å². The average molecular weight is 426 g/mol. The highest BCUT2D eigenvalue weighted by molar-refractivity contribution is 5.99. The van der Waals surface area contributed by atoms with Crippen molar-refractivity contribution in [3.8, 4) is 0 Å². The minimum Gasteiger partial charge on any atom is -0.379 e. The summed E-state index contributed by atoms with van der Waals surface area (Å²) in [4.78, 5) is 20.7. The number of aromatic nitrogens is 2. The Morgan fingerprint density at radius 3 is 2.39 bits per heavy atom. The lowest BCUT2D eigenvalue weighted by Crippen LogP contribution is -2.47. The summed E-state index contributed by atoms with van der Waals surface area (Å²) < 4.78 is 33.0. The Morgan fingerprint density at radius 1 is 0.968 bits per heavy atom. The summed E-state index contributed by atoms with van der Waals surface area (Å²) in [6.07, 6.45) is 1.31. The first-order valence-corrected chi connectivity index (χ1v) is 9.63. The molecule has 0 atom stereocenters. The topological polar surface area (TPSA) is 82.6 Å². The fraction of sp³-hybridized carbons (Fsp3) is 0.190. The Hall–Kier alpha value is -3.63. The first-order valence-electron chi connectivity index (χ1n) is 9.63. The van der Waals surface area contributed by atoms with Crippen LogP contribution in [0.25, 0.3) is 0 Å². The normalized spacial score (nSPS) is 14.1. The molecule has 31 heavy (non-hydrogen) atoms. The summed E-state index contributed by atoms with van der Waals surface area (Å²) in [5.74, 6) is -1.05. The smallest absolute Gasteiger partial charge is 0.325 e. The van der Waals surface area contributed by atoms with Crippen LogP contribution in [0.1, 0.15) is 0 Å². The number of ether oxygens (including phenoxy) is 1. The maximum absolute atomic E-state index is 13.8. The van der Waals surface area contributed by atoms with Crippen molar-refractivity contribution in [3.05, 3.63) is 72.6 Å². The standard InChI is InChI=1S/C21H20F2N6O2/c22-16-7-4-8-17(23)20(16)27-21(30)26-18-13-19(25-14-24-18)29(15-5-2-1-3-6-15)28-9-11-31-12-10-28/h1-8,13-14H,9-12H2,(H2,24,25,26,27,30). The van der Waals surface area contributed by atoms with E-state index in [9.17, 15) is 13.6 Å². The van der Waals surface area contributed by atoms with Crippen LogP contribution < -0.4 is 15.6 Å². The van der Waals surface area contributed by atoms with Crippen LogP contribution in [0, 0.1) is 11.6 Å². The largest absolute Gasteiger partial charge is 0.379 e. The van der Waals surface area contributed by atoms with E-state index in [1.807, 2.05) is 35.3 Å². The Bertz CT molecular complexity index is 1030. The van der Waals surface area contributed by atoms with Crippen LogP contribution in [0.4, 0.5) is 36.6 Å². The number of nitrogens with zero attached hydrogens (tertiary/aromatic N) is 4. The summed E-state index contributed by atoms with van der Waals surface area (Å²) in [5, 5.41) is 8.66. The van der Waals surface area contributed by atoms with Gasteiger partial charge >= 0.3 is 6.03 Å². The molecule has 3 aromatic rings. The number of urea groups is 1. The van der Waals surface area contributed by atoms with Gasteiger partial charge in [0.15, 0.2) is 5.82 Å². The number of hydrazine groups is 1. The SMILES string of the molecule is O=C(Nc1cc(N(c2ccccc2)N2CCOCC2)ncn1)Nc1c(F)cccc1F. The second kappa shape index (κ2) is 9.45. The molecule has 160 valence electrons. The molecule has 0 unspecified atom stereocenters. The molecule has 0 spiro atoms. The lowest BCUT2D eigenvalue weighted by Gasteiger charge is -2.37. The van der Waals surface area contributed by atoms with E-state index in [-0.39, 0.29) is 5.82 Å². The number of halogens is 2. The molecule has 2 amide bonds. The Morgan fingerprint density at radius 2 is 1.68 bits per heavy atom. The fourth-order valence-corrected chi connectivity index (χ4v) is 3.17. The third-order valence-electron chi connectivity index (χ3n) is 4.58. The van der Waals surface area contributed by atoms with Gasteiger partial charge in [0.05, 0.1) is 18.9 Å². The second-order valence-corrected chi connectivity index (χ2v) is 6.65. The summed E-state index contributed by atoms with van der Waals surface area (Å²) in [6.45, 7) is 2.48. The summed E-state index contributed by atoms with van der Waals surface area (Å²) in [6, 6.07) is 13.7. The van der Waals surface area contributed by atoms with E-state index in [1.54, 1.807) is 6.07 Å². The molecule has 1 aliphatic heterocycles. The molecule has 0 bridgehead atoms. The van der Waals surface area contributed by atoms with E-state index >= 15 is 0 Å². The highest BCUT2D eigenvalue weighted by atomic mass is 19.1. The van der Waals surface area contributed by atoms with Crippen molar-refractivity contribution in [2.24, 2.45) is 0 Å². The molecule has 1 aliphatic rings. The van der Waals surface area contributed by atoms with Crippen LogP contribution in [-0.2, 0) is 4.74 Å². The lowest BCUT2D eigenvalue weighted by atomic mass is 10.3. The molecular weight excluding hydrogens is 406 g/mol. The first-order chi connectivity index (χ1) is 15.1. The van der Waals surface area contributed by atoms with Gasteiger partial charge in [0.1, 0.15) is 29.5 Å². The van der Waals surface area contributed by atoms with Gasteiger partial charge in [0, 0.05) is 19.2 Å². The number of hydrogen-bond acceptors (Lipinski definition) is 6. The first kappa shape index (κ1) is 20.6. The van der Waals surface area contributed by atoms with Crippen molar-refractivity contribution in [1.82, 2.24) is 15.0 Å². The zero-order chi connectivity index (χ0) is 21.6. The molecule has 10 heteroatoms. The van der Waals surface area contributed by atoms with Crippen LogP contribution in [0.2, 0.25) is 0 Å². The summed E-state index contributed by atoms with van der Waals surface area (Å²) >= 11 is 0. The average Bonchev–Trinajstić information content (AvgIpc) is 2.78. The molecule has 4 rings (SSSR count). The molecule has 2 N–H and O–H groups in total. The molecule has 8 nitrogen and oxygen atoms in total. The number of carbonyl (C=O) groups excluding carboxylic acids is 1. The molecule has 2 heterocycles. The fourth-order valence-electron chi connectivity index (χ4n) is 3.17. The monoisotopic (exact) mass is 426 g/mol. The number of benzene rings is 2. The predicted octanol–water partition coefficient (Wildman–Crippen LogP) is 3.78. The van der Waals surface area contributed by atoms with Gasteiger partial charge in [-0.05, 0) is 24.3 Å². The van der Waals surface area contributed by atoms with Crippen LogP contribution in [-0.4, -0.2) is 47.3 Å². The van der Waals surface area contributed by atoms with Crippen molar-refractivity contribution in [2.75, 3.05) is 41.9 Å². The highest BCUT2D eigenvalue weighted by Crippen LogP contribution is 2.27. The van der Waals surface area contributed by atoms with E-state index in [4.69, 9.17) is 4.74 Å². The molecule has 0 radical (unpaired) electrons. The minimum absolute atomic E-state index is 0.174. The molecular formula is C21H20F2N6O2. The van der Waals surface area contributed by atoms with Crippen LogP contribution in [0.5, 0.6) is 0 Å². The van der Waals surface area contributed by atoms with Crippen LogP contribution in [0.3, 0.4) is 0 Å². The van der Waals surface area contributed by atoms with Gasteiger partial charge in [-0.2, -0.15) is 0 Å². The van der Waals surface area contributed by atoms with Gasteiger partial charge in [-0.1, -0.05) is 24.3 Å². The Labute approximate surface area is 177 Å². The Kier molecular flexibility index (Phi) is 6.29. The maximum atomic E-state index is 13.8. The van der Waals surface area contributed by atoms with Crippen molar-refractivity contribution < 1.29 is 18.3 Å². The molecule has 2 aromatic carbocycles. The quantitative estimate of drug-likeness (QED) is 0.646. The molecule has 1 fully saturated rings. The number of hydrogen-bond donors (Lipinski definition) is 2. The van der Waals surface area contributed by atoms with E-state index in [0.29, 0.717) is 32.1 Å². The van der Waals surface area contributed by atoms with Crippen molar-refractivity contribution >= 4 is 29.0 Å². The predicted molar refractivity (Wildman–Crippen MR) is 112 cm³/mol. The number of nitrogens with one attached hydrogen (secondary N) is 2. The zero-order valence-corrected chi connectivity index (χ0v) is 16.5. The van der Waals surface area contributed by atoms with E-state index in [0.717, 1.165) is 17.8 Å². The number of carbonyl (C=O) groups is 1. The number of morpholine rings is 1. The van der Waals surface area contributed by atoms with Crippen molar-refractivity contribution in [3.63, 3.8) is 0 Å². The lowest BCUT2D eigenvalue weighted by molar-refractivity contribution is 0.0375. The van der Waals surface area contributed by atoms with Crippen molar-refractivity contribution in [1.29, 1.82) is 0 Å². The van der Waals surface area contributed by atoms with Crippen LogP contribution >= 0.6 is 0 Å². The Balaban J connectivity index is 1.56.